The lowest BCUT2D eigenvalue weighted by Gasteiger charge is -2.08. The van der Waals surface area contributed by atoms with Gasteiger partial charge < -0.3 is 10.4 Å². The second kappa shape index (κ2) is 8.92. The van der Waals surface area contributed by atoms with Crippen LogP contribution in [0.5, 0.6) is 5.75 Å². The molecule has 0 spiro atoms. The van der Waals surface area contributed by atoms with E-state index in [9.17, 15) is 20.0 Å². The van der Waals surface area contributed by atoms with Crippen molar-refractivity contribution in [1.82, 2.24) is 9.78 Å². The van der Waals surface area contributed by atoms with Crippen LogP contribution in [0.3, 0.4) is 0 Å². The van der Waals surface area contributed by atoms with Crippen molar-refractivity contribution in [2.24, 2.45) is 4.99 Å². The van der Waals surface area contributed by atoms with Crippen molar-refractivity contribution >= 4 is 29.3 Å². The number of rotatable bonds is 6. The molecule has 0 unspecified atom stereocenters. The van der Waals surface area contributed by atoms with Gasteiger partial charge in [-0.15, -0.1) is 5.10 Å². The highest BCUT2D eigenvalue weighted by Crippen LogP contribution is 2.21. The lowest BCUT2D eigenvalue weighted by atomic mass is 10.2. The predicted octanol–water partition coefficient (Wildman–Crippen LogP) is 4.49. The minimum absolute atomic E-state index is 0.0686. The van der Waals surface area contributed by atoms with Crippen molar-refractivity contribution in [2.45, 2.75) is 0 Å². The Hall–Kier alpha value is -4.79. The molecule has 3 aromatic carbocycles. The van der Waals surface area contributed by atoms with Gasteiger partial charge in [0.05, 0.1) is 10.6 Å². The predicted molar refractivity (Wildman–Crippen MR) is 120 cm³/mol. The second-order valence-electron chi connectivity index (χ2n) is 6.75. The number of phenolic OH excluding ortho intramolecular Hbond substituents is 1. The summed E-state index contributed by atoms with van der Waals surface area (Å²) >= 11 is 0. The molecule has 4 rings (SSSR count). The topological polar surface area (TPSA) is 123 Å². The van der Waals surface area contributed by atoms with Crippen LogP contribution in [0.2, 0.25) is 0 Å². The Bertz CT molecular complexity index is 1300. The van der Waals surface area contributed by atoms with Gasteiger partial charge in [-0.2, -0.15) is 0 Å². The number of aromatic hydroxyl groups is 1. The highest BCUT2D eigenvalue weighted by molar-refractivity contribution is 6.04. The number of aliphatic imine (C=N–C) groups is 1. The van der Waals surface area contributed by atoms with Crippen LogP contribution < -0.4 is 5.32 Å². The molecule has 0 atom stereocenters. The van der Waals surface area contributed by atoms with E-state index < -0.39 is 10.8 Å². The van der Waals surface area contributed by atoms with E-state index in [2.05, 4.69) is 15.4 Å². The second-order valence-corrected chi connectivity index (χ2v) is 6.75. The Morgan fingerprint density at radius 2 is 1.78 bits per heavy atom. The number of nitro groups is 1. The van der Waals surface area contributed by atoms with E-state index in [1.165, 1.54) is 41.2 Å². The molecule has 0 aliphatic rings. The monoisotopic (exact) mass is 427 g/mol. The SMILES string of the molecule is O=C(Nc1ccc([N+](=O)[O-])cc1)c1cc(N=Cc2cccc(O)c2)nn1-c1ccccc1. The van der Waals surface area contributed by atoms with Gasteiger partial charge in [0.15, 0.2) is 5.82 Å². The van der Waals surface area contributed by atoms with Gasteiger partial charge in [0.1, 0.15) is 11.4 Å². The van der Waals surface area contributed by atoms with Gasteiger partial charge >= 0.3 is 0 Å². The van der Waals surface area contributed by atoms with Crippen LogP contribution in [0, 0.1) is 10.1 Å². The third kappa shape index (κ3) is 4.68. The summed E-state index contributed by atoms with van der Waals surface area (Å²) < 4.78 is 1.47. The molecule has 0 radical (unpaired) electrons. The molecule has 0 saturated carbocycles. The van der Waals surface area contributed by atoms with E-state index in [1.807, 2.05) is 18.2 Å². The number of nitrogens with one attached hydrogen (secondary N) is 1. The van der Waals surface area contributed by atoms with Crippen LogP contribution in [-0.4, -0.2) is 31.9 Å². The summed E-state index contributed by atoms with van der Waals surface area (Å²) in [6.07, 6.45) is 1.54. The first-order valence-electron chi connectivity index (χ1n) is 9.54. The molecule has 9 heteroatoms. The number of hydrogen-bond acceptors (Lipinski definition) is 6. The molecule has 2 N–H and O–H groups in total. The fourth-order valence-electron chi connectivity index (χ4n) is 2.97. The number of nitro benzene ring substituents is 1. The van der Waals surface area contributed by atoms with Gasteiger partial charge in [0.25, 0.3) is 11.6 Å². The number of aromatic nitrogens is 2. The van der Waals surface area contributed by atoms with E-state index >= 15 is 0 Å². The largest absolute Gasteiger partial charge is 0.508 e. The number of hydrogen-bond donors (Lipinski definition) is 2. The van der Waals surface area contributed by atoms with E-state index in [0.29, 0.717) is 22.8 Å². The number of benzene rings is 3. The van der Waals surface area contributed by atoms with Crippen molar-refractivity contribution in [3.63, 3.8) is 0 Å². The van der Waals surface area contributed by atoms with Crippen molar-refractivity contribution in [2.75, 3.05) is 5.32 Å². The molecular weight excluding hydrogens is 410 g/mol. The lowest BCUT2D eigenvalue weighted by Crippen LogP contribution is -2.16. The van der Waals surface area contributed by atoms with E-state index in [-0.39, 0.29) is 17.1 Å². The smallest absolute Gasteiger partial charge is 0.274 e. The summed E-state index contributed by atoms with van der Waals surface area (Å²) in [6.45, 7) is 0. The third-order valence-electron chi connectivity index (χ3n) is 4.48. The molecule has 0 aliphatic heterocycles. The summed E-state index contributed by atoms with van der Waals surface area (Å²) in [7, 11) is 0. The maximum absolute atomic E-state index is 13.0. The zero-order chi connectivity index (χ0) is 22.5. The molecule has 1 aromatic heterocycles. The van der Waals surface area contributed by atoms with Crippen molar-refractivity contribution in [3.8, 4) is 11.4 Å². The first-order chi connectivity index (χ1) is 15.5. The molecule has 0 saturated heterocycles. The number of para-hydroxylation sites is 1. The van der Waals surface area contributed by atoms with Crippen molar-refractivity contribution in [3.05, 3.63) is 106 Å². The summed E-state index contributed by atoms with van der Waals surface area (Å²) in [4.78, 5) is 27.6. The quantitative estimate of drug-likeness (QED) is 0.267. The van der Waals surface area contributed by atoms with Gasteiger partial charge in [-0.25, -0.2) is 9.67 Å². The molecule has 0 fully saturated rings. The molecule has 0 aliphatic carbocycles. The summed E-state index contributed by atoms with van der Waals surface area (Å²) in [5.41, 5.74) is 1.92. The number of carbonyl (C=O) groups is 1. The minimum atomic E-state index is -0.507. The molecule has 0 bridgehead atoms. The third-order valence-corrected chi connectivity index (χ3v) is 4.48. The minimum Gasteiger partial charge on any atom is -0.508 e. The zero-order valence-corrected chi connectivity index (χ0v) is 16.6. The zero-order valence-electron chi connectivity index (χ0n) is 16.6. The Morgan fingerprint density at radius 1 is 1.03 bits per heavy atom. The Kier molecular flexibility index (Phi) is 5.71. The average molecular weight is 427 g/mol. The first kappa shape index (κ1) is 20.5. The Balaban J connectivity index is 1.65. The maximum atomic E-state index is 13.0. The van der Waals surface area contributed by atoms with Gasteiger partial charge in [-0.05, 0) is 42.0 Å². The van der Waals surface area contributed by atoms with Crippen molar-refractivity contribution in [1.29, 1.82) is 0 Å². The van der Waals surface area contributed by atoms with Gasteiger partial charge in [-0.3, -0.25) is 14.9 Å². The van der Waals surface area contributed by atoms with E-state index in [4.69, 9.17) is 0 Å². The Morgan fingerprint density at radius 3 is 2.47 bits per heavy atom. The fraction of sp³-hybridized carbons (Fsp3) is 0. The summed E-state index contributed by atoms with van der Waals surface area (Å²) in [5, 5.41) is 27.6. The molecule has 158 valence electrons. The highest BCUT2D eigenvalue weighted by Gasteiger charge is 2.17. The standard InChI is InChI=1S/C23H17N5O4/c29-20-8-4-5-16(13-20)15-24-22-14-21(27(26-22)18-6-2-1-3-7-18)23(30)25-17-9-11-19(12-10-17)28(31)32/h1-15,29H,(H,25,30). The number of anilines is 1. The number of amides is 1. The normalized spacial score (nSPS) is 10.9. The van der Waals surface area contributed by atoms with Crippen LogP contribution in [0.1, 0.15) is 16.1 Å². The molecule has 1 heterocycles. The number of carbonyl (C=O) groups excluding carboxylic acids is 1. The van der Waals surface area contributed by atoms with Crippen LogP contribution in [0.15, 0.2) is 89.9 Å². The van der Waals surface area contributed by atoms with E-state index in [1.54, 1.807) is 36.4 Å². The summed E-state index contributed by atoms with van der Waals surface area (Å²) in [6, 6.07) is 22.8. The van der Waals surface area contributed by atoms with Gasteiger partial charge in [0, 0.05) is 30.1 Å². The molecular formula is C23H17N5O4. The van der Waals surface area contributed by atoms with Crippen LogP contribution in [-0.2, 0) is 0 Å². The van der Waals surface area contributed by atoms with Crippen LogP contribution >= 0.6 is 0 Å². The number of non-ortho nitro benzene ring substituents is 1. The number of phenols is 1. The maximum Gasteiger partial charge on any atom is 0.274 e. The summed E-state index contributed by atoms with van der Waals surface area (Å²) in [5.74, 6) is -0.0352. The van der Waals surface area contributed by atoms with E-state index in [0.717, 1.165) is 0 Å². The Labute approximate surface area is 182 Å². The average Bonchev–Trinajstić information content (AvgIpc) is 3.23. The van der Waals surface area contributed by atoms with Crippen LogP contribution in [0.25, 0.3) is 5.69 Å². The van der Waals surface area contributed by atoms with Gasteiger partial charge in [-0.1, -0.05) is 30.3 Å². The first-order valence-corrected chi connectivity index (χ1v) is 9.54. The molecule has 32 heavy (non-hydrogen) atoms. The lowest BCUT2D eigenvalue weighted by molar-refractivity contribution is -0.384. The molecule has 1 amide bonds. The fourth-order valence-corrected chi connectivity index (χ4v) is 2.97. The van der Waals surface area contributed by atoms with Crippen molar-refractivity contribution < 1.29 is 14.8 Å². The molecule has 4 aromatic rings. The molecule has 9 nitrogen and oxygen atoms in total. The highest BCUT2D eigenvalue weighted by atomic mass is 16.6. The van der Waals surface area contributed by atoms with Gasteiger partial charge in [0.2, 0.25) is 0 Å². The van der Waals surface area contributed by atoms with Crippen LogP contribution in [0.4, 0.5) is 17.2 Å². The number of nitrogens with zero attached hydrogens (tertiary/aromatic N) is 4.